The van der Waals surface area contributed by atoms with Crippen molar-refractivity contribution in [2.45, 2.75) is 33.2 Å². The van der Waals surface area contributed by atoms with E-state index >= 15 is 0 Å². The van der Waals surface area contributed by atoms with Crippen molar-refractivity contribution in [3.8, 4) is 0 Å². The molecule has 0 aromatic rings. The number of amides is 1. The Morgan fingerprint density at radius 1 is 1.65 bits per heavy atom. The molecular weight excluding hydrogens is 226 g/mol. The van der Waals surface area contributed by atoms with Gasteiger partial charge in [-0.15, -0.1) is 0 Å². The first-order chi connectivity index (χ1) is 7.92. The summed E-state index contributed by atoms with van der Waals surface area (Å²) in [5, 5.41) is 24.8. The molecular formula is C10H17N3O4. The van der Waals surface area contributed by atoms with Crippen LogP contribution in [0, 0.1) is 10.1 Å². The summed E-state index contributed by atoms with van der Waals surface area (Å²) in [6.07, 6.45) is 1.91. The van der Waals surface area contributed by atoms with Crippen LogP contribution in [0.4, 0.5) is 0 Å². The zero-order valence-electron chi connectivity index (χ0n) is 10.1. The molecule has 0 fully saturated rings. The minimum absolute atomic E-state index is 0.0414. The molecule has 1 amide bonds. The number of carbonyl (C=O) groups excluding carboxylic acids is 1. The first-order valence-corrected chi connectivity index (χ1v) is 5.21. The van der Waals surface area contributed by atoms with Gasteiger partial charge in [0.1, 0.15) is 0 Å². The van der Waals surface area contributed by atoms with E-state index in [1.807, 2.05) is 0 Å². The molecule has 0 spiro atoms. The smallest absolute Gasteiger partial charge is 0.231 e. The number of carbonyl (C=O) groups is 1. The summed E-state index contributed by atoms with van der Waals surface area (Å²) in [5.41, 5.74) is 0.721. The molecule has 7 heteroatoms. The molecule has 1 unspecified atom stereocenters. The van der Waals surface area contributed by atoms with E-state index in [1.54, 1.807) is 6.92 Å². The van der Waals surface area contributed by atoms with Gasteiger partial charge in [-0.3, -0.25) is 14.9 Å². The van der Waals surface area contributed by atoms with Gasteiger partial charge < -0.3 is 10.5 Å². The highest BCUT2D eigenvalue weighted by molar-refractivity contribution is 5.98. The fraction of sp³-hybridized carbons (Fsp3) is 0.600. The molecule has 0 saturated carbocycles. The van der Waals surface area contributed by atoms with Crippen LogP contribution in [-0.4, -0.2) is 34.3 Å². The highest BCUT2D eigenvalue weighted by atomic mass is 16.6. The number of nitrogens with zero attached hydrogens (tertiary/aromatic N) is 2. The third-order valence-electron chi connectivity index (χ3n) is 2.26. The third-order valence-corrected chi connectivity index (χ3v) is 2.26. The predicted molar refractivity (Wildman–Crippen MR) is 62.7 cm³/mol. The van der Waals surface area contributed by atoms with Crippen LogP contribution in [-0.2, 0) is 4.79 Å². The fourth-order valence-electron chi connectivity index (χ4n) is 1.20. The zero-order valence-corrected chi connectivity index (χ0v) is 10.1. The second-order valence-corrected chi connectivity index (χ2v) is 3.54. The van der Waals surface area contributed by atoms with Gasteiger partial charge in [-0.2, -0.15) is 0 Å². The molecule has 1 atom stereocenters. The Morgan fingerprint density at radius 2 is 2.24 bits per heavy atom. The summed E-state index contributed by atoms with van der Waals surface area (Å²) in [6.45, 7) is 4.61. The number of nitro groups is 1. The highest BCUT2D eigenvalue weighted by Crippen LogP contribution is 2.10. The first kappa shape index (κ1) is 15.1. The second-order valence-electron chi connectivity index (χ2n) is 3.54. The van der Waals surface area contributed by atoms with Crippen molar-refractivity contribution in [2.24, 2.45) is 5.16 Å². The molecule has 0 rings (SSSR count). The van der Waals surface area contributed by atoms with Crippen molar-refractivity contribution in [1.29, 1.82) is 0 Å². The third kappa shape index (κ3) is 5.64. The van der Waals surface area contributed by atoms with Gasteiger partial charge in [0.25, 0.3) is 0 Å². The lowest BCUT2D eigenvalue weighted by Crippen LogP contribution is -2.27. The molecule has 0 saturated heterocycles. The number of hydrogen-bond donors (Lipinski definition) is 2. The lowest BCUT2D eigenvalue weighted by molar-refractivity contribution is -0.507. The van der Waals surface area contributed by atoms with Crippen LogP contribution in [0.3, 0.4) is 0 Å². The number of hydrogen-bond acceptors (Lipinski definition) is 5. The van der Waals surface area contributed by atoms with Crippen LogP contribution in [0.5, 0.6) is 0 Å². The van der Waals surface area contributed by atoms with E-state index in [0.29, 0.717) is 12.0 Å². The average molecular weight is 243 g/mol. The summed E-state index contributed by atoms with van der Waals surface area (Å²) in [5.74, 6) is -0.264. The van der Waals surface area contributed by atoms with E-state index in [1.165, 1.54) is 19.9 Å². The van der Waals surface area contributed by atoms with Crippen LogP contribution >= 0.6 is 0 Å². The molecule has 0 aliphatic heterocycles. The van der Waals surface area contributed by atoms with Crippen LogP contribution in [0.15, 0.2) is 16.8 Å². The van der Waals surface area contributed by atoms with Crippen molar-refractivity contribution in [3.63, 3.8) is 0 Å². The monoisotopic (exact) mass is 243 g/mol. The van der Waals surface area contributed by atoms with Crippen LogP contribution in [0.1, 0.15) is 27.2 Å². The van der Waals surface area contributed by atoms with Crippen LogP contribution in [0.2, 0.25) is 0 Å². The molecule has 0 aromatic heterocycles. The molecule has 96 valence electrons. The first-order valence-electron chi connectivity index (χ1n) is 5.21. The van der Waals surface area contributed by atoms with Gasteiger partial charge >= 0.3 is 0 Å². The van der Waals surface area contributed by atoms with E-state index in [0.717, 1.165) is 0 Å². The van der Waals surface area contributed by atoms with Crippen molar-refractivity contribution >= 4 is 11.6 Å². The SMILES string of the molecule is CC/C(=C\C(CNC(C)=O)=N/O)C(C)[N+](=O)[O-]. The molecule has 0 bridgehead atoms. The van der Waals surface area contributed by atoms with Gasteiger partial charge in [0.2, 0.25) is 11.9 Å². The van der Waals surface area contributed by atoms with Gasteiger partial charge in [0.15, 0.2) is 0 Å². The molecule has 0 aliphatic rings. The maximum atomic E-state index is 10.7. The zero-order chi connectivity index (χ0) is 13.4. The highest BCUT2D eigenvalue weighted by Gasteiger charge is 2.18. The number of nitrogens with one attached hydrogen (secondary N) is 1. The van der Waals surface area contributed by atoms with Crippen molar-refractivity contribution in [2.75, 3.05) is 6.54 Å². The van der Waals surface area contributed by atoms with Crippen molar-refractivity contribution in [1.82, 2.24) is 5.32 Å². The number of oxime groups is 1. The van der Waals surface area contributed by atoms with E-state index in [2.05, 4.69) is 10.5 Å². The maximum absolute atomic E-state index is 10.7. The molecule has 17 heavy (non-hydrogen) atoms. The molecule has 2 N–H and O–H groups in total. The Bertz CT molecular complexity index is 349. The summed E-state index contributed by atoms with van der Waals surface area (Å²) in [7, 11) is 0. The lowest BCUT2D eigenvalue weighted by atomic mass is 10.0. The Morgan fingerprint density at radius 3 is 2.59 bits per heavy atom. The second kappa shape index (κ2) is 7.37. The summed E-state index contributed by atoms with van der Waals surface area (Å²) in [4.78, 5) is 20.9. The van der Waals surface area contributed by atoms with E-state index < -0.39 is 11.0 Å². The normalized spacial score (nSPS) is 14.3. The Kier molecular flexibility index (Phi) is 6.54. The Labute approximate surface area is 99.3 Å². The van der Waals surface area contributed by atoms with Gasteiger partial charge in [0.05, 0.1) is 12.3 Å². The predicted octanol–water partition coefficient (Wildman–Crippen LogP) is 0.954. The Hall–Kier alpha value is -1.92. The molecule has 0 aromatic carbocycles. The van der Waals surface area contributed by atoms with Crippen molar-refractivity contribution < 1.29 is 14.9 Å². The summed E-state index contributed by atoms with van der Waals surface area (Å²) < 4.78 is 0. The molecule has 0 radical (unpaired) electrons. The molecule has 0 heterocycles. The average Bonchev–Trinajstić information content (AvgIpc) is 2.28. The topological polar surface area (TPSA) is 105 Å². The van der Waals surface area contributed by atoms with Gasteiger partial charge in [-0.1, -0.05) is 12.1 Å². The van der Waals surface area contributed by atoms with Crippen LogP contribution < -0.4 is 5.32 Å². The van der Waals surface area contributed by atoms with Gasteiger partial charge in [-0.05, 0) is 12.5 Å². The van der Waals surface area contributed by atoms with Crippen LogP contribution in [0.25, 0.3) is 0 Å². The molecule has 7 nitrogen and oxygen atoms in total. The largest absolute Gasteiger partial charge is 0.411 e. The minimum atomic E-state index is -0.839. The Balaban J connectivity index is 4.79. The maximum Gasteiger partial charge on any atom is 0.231 e. The van der Waals surface area contributed by atoms with Crippen molar-refractivity contribution in [3.05, 3.63) is 21.8 Å². The minimum Gasteiger partial charge on any atom is -0.411 e. The van der Waals surface area contributed by atoms with Gasteiger partial charge in [0, 0.05) is 24.3 Å². The fourth-order valence-corrected chi connectivity index (χ4v) is 1.20. The van der Waals surface area contributed by atoms with Gasteiger partial charge in [-0.25, -0.2) is 0 Å². The van der Waals surface area contributed by atoms with E-state index in [9.17, 15) is 14.9 Å². The van der Waals surface area contributed by atoms with E-state index in [-0.39, 0.29) is 18.2 Å². The lowest BCUT2D eigenvalue weighted by Gasteiger charge is -2.08. The van der Waals surface area contributed by atoms with E-state index in [4.69, 9.17) is 5.21 Å². The standard InChI is InChI=1S/C10H17N3O4/c1-4-9(7(2)13(16)17)5-10(12-15)6-11-8(3)14/h5,7,15H,4,6H2,1-3H3,(H,11,14)/b9-5+,12-10+. The summed E-state index contributed by atoms with van der Waals surface area (Å²) in [6, 6.07) is -0.839. The number of rotatable bonds is 6. The quantitative estimate of drug-likeness (QED) is 0.313. The molecule has 0 aliphatic carbocycles. The summed E-state index contributed by atoms with van der Waals surface area (Å²) >= 11 is 0.